The number of benzene rings is 6. The highest BCUT2D eigenvalue weighted by atomic mass is 19.1. The minimum atomic E-state index is -0.463. The third kappa shape index (κ3) is 14.5. The average molecular weight is 922 g/mol. The van der Waals surface area contributed by atoms with Crippen molar-refractivity contribution in [1.29, 1.82) is 0 Å². The van der Waals surface area contributed by atoms with Gasteiger partial charge in [-0.25, -0.2) is 15.0 Å². The van der Waals surface area contributed by atoms with Crippen molar-refractivity contribution < 1.29 is 27.4 Å². The molecule has 0 fully saturated rings. The molecule has 348 valence electrons. The molecule has 0 amide bonds. The Morgan fingerprint density at radius 1 is 0.290 bits per heavy atom. The van der Waals surface area contributed by atoms with E-state index in [1.54, 1.807) is 36.8 Å². The van der Waals surface area contributed by atoms with Crippen LogP contribution in [0.5, 0.6) is 17.2 Å². The van der Waals surface area contributed by atoms with Crippen molar-refractivity contribution in [3.63, 3.8) is 0 Å². The Kier molecular flexibility index (Phi) is 17.8. The van der Waals surface area contributed by atoms with E-state index in [9.17, 15) is 13.2 Å². The summed E-state index contributed by atoms with van der Waals surface area (Å²) >= 11 is 0. The van der Waals surface area contributed by atoms with Crippen LogP contribution in [0.25, 0.3) is 66.8 Å². The first kappa shape index (κ1) is 48.9. The molecule has 0 aliphatic heterocycles. The van der Waals surface area contributed by atoms with Crippen LogP contribution in [0.1, 0.15) is 40.0 Å². The van der Waals surface area contributed by atoms with Crippen molar-refractivity contribution in [3.05, 3.63) is 218 Å². The summed E-state index contributed by atoms with van der Waals surface area (Å²) in [5.41, 5.74) is 12.6. The Labute approximate surface area is 403 Å². The Morgan fingerprint density at radius 2 is 0.536 bits per heavy atom. The van der Waals surface area contributed by atoms with Crippen molar-refractivity contribution in [2.24, 2.45) is 0 Å². The maximum atomic E-state index is 12.9. The van der Waals surface area contributed by atoms with Gasteiger partial charge in [0.25, 0.3) is 0 Å². The molecule has 0 aliphatic carbocycles. The number of halogens is 3. The minimum absolute atomic E-state index is 0.461. The van der Waals surface area contributed by atoms with Gasteiger partial charge >= 0.3 is 0 Å². The number of hydrogen-bond donors (Lipinski definition) is 0. The van der Waals surface area contributed by atoms with Gasteiger partial charge in [0.05, 0.1) is 19.8 Å². The van der Waals surface area contributed by atoms with E-state index < -0.39 is 17.8 Å². The van der Waals surface area contributed by atoms with Gasteiger partial charge in [0.15, 0.2) is 0 Å². The first-order chi connectivity index (χ1) is 33.8. The van der Waals surface area contributed by atoms with Gasteiger partial charge in [-0.2, -0.15) is 13.2 Å². The van der Waals surface area contributed by atoms with Crippen LogP contribution in [-0.4, -0.2) is 34.8 Å². The summed E-state index contributed by atoms with van der Waals surface area (Å²) in [5, 5.41) is 0. The third-order valence-electron chi connectivity index (χ3n) is 11.0. The van der Waals surface area contributed by atoms with E-state index in [0.29, 0.717) is 6.61 Å². The number of nitrogens with zero attached hydrogens (tertiary/aromatic N) is 3. The number of rotatable bonds is 15. The predicted molar refractivity (Wildman–Crippen MR) is 273 cm³/mol. The highest BCUT2D eigenvalue weighted by Crippen LogP contribution is 2.29. The number of unbranched alkanes of at least 4 members (excludes halogenated alkanes) is 1. The van der Waals surface area contributed by atoms with Crippen molar-refractivity contribution in [3.8, 4) is 84.0 Å². The molecule has 0 bridgehead atoms. The van der Waals surface area contributed by atoms with E-state index >= 15 is 0 Å². The van der Waals surface area contributed by atoms with E-state index in [2.05, 4.69) is 77.3 Å². The molecule has 9 aromatic rings. The zero-order valence-electron chi connectivity index (χ0n) is 39.0. The largest absolute Gasteiger partial charge is 0.494 e. The van der Waals surface area contributed by atoms with E-state index in [4.69, 9.17) is 14.2 Å². The number of hydrogen-bond acceptors (Lipinski definition) is 6. The average Bonchev–Trinajstić information content (AvgIpc) is 3.40. The highest BCUT2D eigenvalue weighted by molar-refractivity contribution is 5.73. The van der Waals surface area contributed by atoms with E-state index in [-0.39, 0.29) is 0 Å². The Balaban J connectivity index is 0.000000153. The minimum Gasteiger partial charge on any atom is -0.494 e. The van der Waals surface area contributed by atoms with Crippen LogP contribution in [-0.2, 0) is 0 Å². The molecular weight excluding hydrogens is 868 g/mol. The quantitative estimate of drug-likeness (QED) is 0.0754. The van der Waals surface area contributed by atoms with Gasteiger partial charge in [0.2, 0.25) is 17.8 Å². The molecular formula is C60H54F3N3O3. The SMILES string of the molecule is CCCCOc1ccc(-c2ccc(-c3ccc(F)nc3)cc2)cc1.CCCOc1ccc(-c2ccc(-c3ccc(F)nc3)cc2)cc1.CCOc1ccc(-c2ccc(-c3ccc(F)nc3)cc2)cc1. The summed E-state index contributed by atoms with van der Waals surface area (Å²) in [6.07, 6.45) is 7.84. The second kappa shape index (κ2) is 25.2. The standard InChI is InChI=1S/C21H20FNO.C20H18FNO.C19H16FNO/c1-2-3-14-24-20-11-8-17(9-12-20)16-4-6-18(7-5-16)19-10-13-21(22)23-15-19;1-2-13-23-19-10-7-16(8-11-19)15-3-5-17(6-4-15)18-9-12-20(21)22-14-18;1-2-22-18-10-7-15(8-11-18)14-3-5-16(6-4-14)17-9-12-19(20)21-13-17/h4-13,15H,2-3,14H2,1H3;3-12,14H,2,13H2,1H3;3-13H,2H2,1H3. The Morgan fingerprint density at radius 3 is 0.783 bits per heavy atom. The van der Waals surface area contributed by atoms with E-state index in [0.717, 1.165) is 116 Å². The zero-order chi connectivity index (χ0) is 48.2. The maximum Gasteiger partial charge on any atom is 0.212 e. The van der Waals surface area contributed by atoms with Crippen molar-refractivity contribution in [2.75, 3.05) is 19.8 Å². The molecule has 6 nitrogen and oxygen atoms in total. The lowest BCUT2D eigenvalue weighted by Crippen LogP contribution is -1.95. The summed E-state index contributed by atoms with van der Waals surface area (Å²) in [7, 11) is 0. The number of pyridine rings is 3. The molecule has 69 heavy (non-hydrogen) atoms. The molecule has 0 unspecified atom stereocenters. The Hall–Kier alpha value is -8.04. The predicted octanol–water partition coefficient (Wildman–Crippen LogP) is 16.0. The smallest absolute Gasteiger partial charge is 0.212 e. The molecule has 0 N–H and O–H groups in total. The lowest BCUT2D eigenvalue weighted by molar-refractivity contribution is 0.309. The first-order valence-electron chi connectivity index (χ1n) is 23.1. The van der Waals surface area contributed by atoms with Gasteiger partial charge in [-0.05, 0) is 143 Å². The zero-order valence-corrected chi connectivity index (χ0v) is 39.0. The van der Waals surface area contributed by atoms with Gasteiger partial charge in [-0.1, -0.05) is 129 Å². The molecule has 0 saturated carbocycles. The van der Waals surface area contributed by atoms with Gasteiger partial charge < -0.3 is 14.2 Å². The monoisotopic (exact) mass is 921 g/mol. The molecule has 0 saturated heterocycles. The normalized spacial score (nSPS) is 10.5. The Bertz CT molecular complexity index is 2900. The number of ether oxygens (including phenoxy) is 3. The molecule has 0 aliphatic rings. The first-order valence-corrected chi connectivity index (χ1v) is 23.1. The van der Waals surface area contributed by atoms with Gasteiger partial charge in [0, 0.05) is 35.3 Å². The van der Waals surface area contributed by atoms with E-state index in [1.165, 1.54) is 18.2 Å². The van der Waals surface area contributed by atoms with E-state index in [1.807, 2.05) is 104 Å². The summed E-state index contributed by atoms with van der Waals surface area (Å²) in [4.78, 5) is 11.1. The van der Waals surface area contributed by atoms with Gasteiger partial charge in [-0.15, -0.1) is 0 Å². The van der Waals surface area contributed by atoms with Gasteiger partial charge in [-0.3, -0.25) is 0 Å². The third-order valence-corrected chi connectivity index (χ3v) is 11.0. The fourth-order valence-corrected chi connectivity index (χ4v) is 7.16. The van der Waals surface area contributed by atoms with Crippen LogP contribution >= 0.6 is 0 Å². The molecule has 0 radical (unpaired) electrons. The molecule has 0 spiro atoms. The van der Waals surface area contributed by atoms with Crippen molar-refractivity contribution in [1.82, 2.24) is 15.0 Å². The van der Waals surface area contributed by atoms with Crippen LogP contribution < -0.4 is 14.2 Å². The fraction of sp³-hybridized carbons (Fsp3) is 0.150. The maximum absolute atomic E-state index is 12.9. The summed E-state index contributed by atoms with van der Waals surface area (Å²) in [6, 6.07) is 58.0. The van der Waals surface area contributed by atoms with Crippen molar-refractivity contribution in [2.45, 2.75) is 40.0 Å². The van der Waals surface area contributed by atoms with Gasteiger partial charge in [0.1, 0.15) is 17.2 Å². The molecule has 3 heterocycles. The lowest BCUT2D eigenvalue weighted by atomic mass is 10.0. The van der Waals surface area contributed by atoms with Crippen LogP contribution in [0.15, 0.2) is 201 Å². The second-order valence-electron chi connectivity index (χ2n) is 15.9. The second-order valence-corrected chi connectivity index (χ2v) is 15.9. The van der Waals surface area contributed by atoms with Crippen LogP contribution in [0, 0.1) is 17.8 Å². The van der Waals surface area contributed by atoms with Crippen molar-refractivity contribution >= 4 is 0 Å². The van der Waals surface area contributed by atoms with Crippen LogP contribution in [0.2, 0.25) is 0 Å². The summed E-state index contributed by atoms with van der Waals surface area (Å²) in [5.74, 6) is 1.29. The molecule has 0 atom stereocenters. The lowest BCUT2D eigenvalue weighted by Gasteiger charge is -2.08. The highest BCUT2D eigenvalue weighted by Gasteiger charge is 2.06. The summed E-state index contributed by atoms with van der Waals surface area (Å²) < 4.78 is 55.4. The molecule has 9 rings (SSSR count). The number of aromatic nitrogens is 3. The van der Waals surface area contributed by atoms with Crippen LogP contribution in [0.4, 0.5) is 13.2 Å². The molecule has 6 aromatic carbocycles. The summed E-state index contributed by atoms with van der Waals surface area (Å²) in [6.45, 7) is 8.37. The fourth-order valence-electron chi connectivity index (χ4n) is 7.16. The molecule has 9 heteroatoms. The molecule has 3 aromatic heterocycles. The topological polar surface area (TPSA) is 66.4 Å². The van der Waals surface area contributed by atoms with Crippen LogP contribution in [0.3, 0.4) is 0 Å².